The second-order valence-corrected chi connectivity index (χ2v) is 14.3. The number of hydrogen-bond donors (Lipinski definition) is 0. The van der Waals surface area contributed by atoms with E-state index in [1.807, 2.05) is 0 Å². The summed E-state index contributed by atoms with van der Waals surface area (Å²) in [6.07, 6.45) is 21.6. The molecular weight excluding hydrogens is 396 g/mol. The highest BCUT2D eigenvalue weighted by atomic mass is 14.6. The van der Waals surface area contributed by atoms with Crippen LogP contribution in [0.15, 0.2) is 0 Å². The van der Waals surface area contributed by atoms with E-state index in [2.05, 4.69) is 83.1 Å². The van der Waals surface area contributed by atoms with Crippen LogP contribution in [0.3, 0.4) is 0 Å². The Morgan fingerprint density at radius 1 is 0.485 bits per heavy atom. The van der Waals surface area contributed by atoms with Crippen molar-refractivity contribution in [2.24, 2.45) is 33.5 Å². The highest BCUT2D eigenvalue weighted by Crippen LogP contribution is 2.61. The molecule has 0 aliphatic heterocycles. The van der Waals surface area contributed by atoms with E-state index in [1.165, 1.54) is 96.3 Å². The molecule has 0 aliphatic carbocycles. The van der Waals surface area contributed by atoms with Gasteiger partial charge in [-0.2, -0.15) is 0 Å². The lowest BCUT2D eigenvalue weighted by molar-refractivity contribution is -0.110. The van der Waals surface area contributed by atoms with Crippen molar-refractivity contribution < 1.29 is 0 Å². The van der Waals surface area contributed by atoms with Crippen LogP contribution in [-0.2, 0) is 0 Å². The molecule has 0 aromatic heterocycles. The van der Waals surface area contributed by atoms with Gasteiger partial charge in [0.15, 0.2) is 0 Å². The third-order valence-electron chi connectivity index (χ3n) is 11.1. The van der Waals surface area contributed by atoms with Crippen LogP contribution in [0.4, 0.5) is 0 Å². The maximum Gasteiger partial charge on any atom is -0.0244 e. The fourth-order valence-electron chi connectivity index (χ4n) is 5.90. The Hall–Kier alpha value is 0. The molecule has 0 aliphatic rings. The van der Waals surface area contributed by atoms with E-state index in [0.717, 1.165) is 11.8 Å². The van der Waals surface area contributed by atoms with E-state index in [-0.39, 0.29) is 10.8 Å². The molecule has 0 N–H and O–H groups in total. The SMILES string of the molecule is CCCCCCCCCCCC(CC)CCCCC(C)C(C)(C)C(C)(C)C(C)(C)C(C)(C)C. The molecule has 0 saturated heterocycles. The molecular formula is C33H68. The van der Waals surface area contributed by atoms with Crippen LogP contribution in [0.25, 0.3) is 0 Å². The molecule has 2 unspecified atom stereocenters. The van der Waals surface area contributed by atoms with Crippen LogP contribution in [0.1, 0.15) is 179 Å². The zero-order valence-corrected chi connectivity index (χ0v) is 25.8. The summed E-state index contributed by atoms with van der Waals surface area (Å²) in [6.45, 7) is 29.7. The quantitative estimate of drug-likeness (QED) is 0.167. The zero-order chi connectivity index (χ0) is 25.8. The van der Waals surface area contributed by atoms with Gasteiger partial charge in [0, 0.05) is 0 Å². The smallest absolute Gasteiger partial charge is 0.0244 e. The zero-order valence-electron chi connectivity index (χ0n) is 25.8. The van der Waals surface area contributed by atoms with Gasteiger partial charge in [-0.25, -0.2) is 0 Å². The van der Waals surface area contributed by atoms with Crippen LogP contribution >= 0.6 is 0 Å². The number of rotatable bonds is 19. The van der Waals surface area contributed by atoms with E-state index in [0.29, 0.717) is 10.8 Å². The van der Waals surface area contributed by atoms with Gasteiger partial charge in [-0.15, -0.1) is 0 Å². The van der Waals surface area contributed by atoms with Crippen LogP contribution in [0.2, 0.25) is 0 Å². The number of unbranched alkanes of at least 4 members (excludes halogenated alkanes) is 9. The molecule has 0 amide bonds. The van der Waals surface area contributed by atoms with Gasteiger partial charge in [0.2, 0.25) is 0 Å². The van der Waals surface area contributed by atoms with E-state index in [1.54, 1.807) is 0 Å². The van der Waals surface area contributed by atoms with Gasteiger partial charge in [0.05, 0.1) is 0 Å². The summed E-state index contributed by atoms with van der Waals surface area (Å²) < 4.78 is 0. The molecule has 0 radical (unpaired) electrons. The Kier molecular flexibility index (Phi) is 15.2. The predicted molar refractivity (Wildman–Crippen MR) is 154 cm³/mol. The molecule has 0 bridgehead atoms. The fourth-order valence-corrected chi connectivity index (χ4v) is 5.90. The first kappa shape index (κ1) is 33.0. The van der Waals surface area contributed by atoms with E-state index in [9.17, 15) is 0 Å². The summed E-state index contributed by atoms with van der Waals surface area (Å²) >= 11 is 0. The average molecular weight is 465 g/mol. The van der Waals surface area contributed by atoms with Crippen molar-refractivity contribution in [1.29, 1.82) is 0 Å². The van der Waals surface area contributed by atoms with Crippen molar-refractivity contribution in [3.8, 4) is 0 Å². The predicted octanol–water partition coefficient (Wildman–Crippen LogP) is 12.3. The standard InChI is InChI=1S/C33H68/c1-13-15-16-17-18-19-20-21-22-26-29(14-2)27-24-23-25-28(3)31(7,8)33(11,12)32(9,10)30(4,5)6/h28-29H,13-27H2,1-12H3. The number of hydrogen-bond acceptors (Lipinski definition) is 0. The molecule has 2 atom stereocenters. The summed E-state index contributed by atoms with van der Waals surface area (Å²) in [4.78, 5) is 0. The summed E-state index contributed by atoms with van der Waals surface area (Å²) in [6, 6.07) is 0. The second kappa shape index (κ2) is 15.2. The van der Waals surface area contributed by atoms with Gasteiger partial charge in [-0.1, -0.05) is 179 Å². The van der Waals surface area contributed by atoms with Gasteiger partial charge < -0.3 is 0 Å². The first-order chi connectivity index (χ1) is 15.2. The Morgan fingerprint density at radius 3 is 1.30 bits per heavy atom. The van der Waals surface area contributed by atoms with Crippen molar-refractivity contribution in [2.75, 3.05) is 0 Å². The maximum atomic E-state index is 2.55. The summed E-state index contributed by atoms with van der Waals surface area (Å²) in [5.74, 6) is 1.72. The Bertz CT molecular complexity index is 473. The van der Waals surface area contributed by atoms with E-state index >= 15 is 0 Å². The van der Waals surface area contributed by atoms with Gasteiger partial charge in [0.25, 0.3) is 0 Å². The Balaban J connectivity index is 4.32. The van der Waals surface area contributed by atoms with Crippen molar-refractivity contribution >= 4 is 0 Å². The Morgan fingerprint density at radius 2 is 0.879 bits per heavy atom. The fraction of sp³-hybridized carbons (Fsp3) is 1.00. The van der Waals surface area contributed by atoms with E-state index in [4.69, 9.17) is 0 Å². The molecule has 0 aromatic carbocycles. The Labute approximate surface area is 212 Å². The molecule has 0 spiro atoms. The minimum atomic E-state index is 0.277. The topological polar surface area (TPSA) is 0 Å². The monoisotopic (exact) mass is 465 g/mol. The lowest BCUT2D eigenvalue weighted by Gasteiger charge is -2.60. The van der Waals surface area contributed by atoms with Crippen LogP contribution < -0.4 is 0 Å². The summed E-state index contributed by atoms with van der Waals surface area (Å²) in [7, 11) is 0. The minimum absolute atomic E-state index is 0.277. The minimum Gasteiger partial charge on any atom is -0.0654 e. The molecule has 0 nitrogen and oxygen atoms in total. The average Bonchev–Trinajstić information content (AvgIpc) is 2.72. The summed E-state index contributed by atoms with van der Waals surface area (Å²) in [5, 5.41) is 0. The molecule has 0 saturated carbocycles. The molecule has 0 aromatic rings. The molecule has 0 fully saturated rings. The third-order valence-corrected chi connectivity index (χ3v) is 11.1. The van der Waals surface area contributed by atoms with Crippen molar-refractivity contribution in [1.82, 2.24) is 0 Å². The van der Waals surface area contributed by atoms with Crippen LogP contribution in [-0.4, -0.2) is 0 Å². The van der Waals surface area contributed by atoms with Gasteiger partial charge >= 0.3 is 0 Å². The molecule has 200 valence electrons. The lowest BCUT2D eigenvalue weighted by Crippen LogP contribution is -2.53. The first-order valence-electron chi connectivity index (χ1n) is 15.2. The second-order valence-electron chi connectivity index (χ2n) is 14.3. The van der Waals surface area contributed by atoms with Crippen LogP contribution in [0.5, 0.6) is 0 Å². The maximum absolute atomic E-state index is 2.55. The van der Waals surface area contributed by atoms with Crippen LogP contribution in [0, 0.1) is 33.5 Å². The molecule has 33 heavy (non-hydrogen) atoms. The highest BCUT2D eigenvalue weighted by Gasteiger charge is 2.54. The third kappa shape index (κ3) is 10.3. The molecule has 0 rings (SSSR count). The van der Waals surface area contributed by atoms with Gasteiger partial charge in [-0.05, 0) is 33.5 Å². The molecule has 0 heterocycles. The van der Waals surface area contributed by atoms with Crippen molar-refractivity contribution in [2.45, 2.75) is 179 Å². The van der Waals surface area contributed by atoms with Gasteiger partial charge in [0.1, 0.15) is 0 Å². The largest absolute Gasteiger partial charge is 0.0654 e. The highest BCUT2D eigenvalue weighted by molar-refractivity contribution is 5.02. The summed E-state index contributed by atoms with van der Waals surface area (Å²) in [5.41, 5.74) is 1.18. The van der Waals surface area contributed by atoms with E-state index < -0.39 is 0 Å². The first-order valence-corrected chi connectivity index (χ1v) is 15.2. The van der Waals surface area contributed by atoms with Gasteiger partial charge in [-0.3, -0.25) is 0 Å². The normalized spacial score (nSPS) is 15.6. The molecule has 0 heteroatoms. The van der Waals surface area contributed by atoms with Crippen molar-refractivity contribution in [3.63, 3.8) is 0 Å². The van der Waals surface area contributed by atoms with Crippen molar-refractivity contribution in [3.05, 3.63) is 0 Å². The lowest BCUT2D eigenvalue weighted by atomic mass is 9.45.